The lowest BCUT2D eigenvalue weighted by molar-refractivity contribution is 0.0693. The smallest absolute Gasteiger partial charge is 0.339 e. The number of benzene rings is 1. The van der Waals surface area contributed by atoms with Crippen LogP contribution in [-0.2, 0) is 0 Å². The summed E-state index contributed by atoms with van der Waals surface area (Å²) in [5.74, 6) is -0.835. The Morgan fingerprint density at radius 2 is 1.94 bits per heavy atom. The van der Waals surface area contributed by atoms with Crippen molar-refractivity contribution in [1.82, 2.24) is 5.32 Å². The normalized spacial score (nSPS) is 16.2. The maximum absolute atomic E-state index is 10.9. The Labute approximate surface area is 110 Å². The molecule has 1 aromatic rings. The first-order valence-electron chi connectivity index (χ1n) is 5.45. The standard InChI is InChI=1S/C12H15NO3.BrH/c14-11-2-1-9(7-10(11)12(15)16)8-3-5-13-6-4-8;/h1-2,7-8,13-14H,3-6H2,(H,15,16);1H. The SMILES string of the molecule is Br.O=C(O)c1cc(C2CCNCC2)ccc1O. The summed E-state index contributed by atoms with van der Waals surface area (Å²) in [5.41, 5.74) is 1.01. The summed E-state index contributed by atoms with van der Waals surface area (Å²) in [5, 5.41) is 21.6. The molecule has 0 spiro atoms. The van der Waals surface area contributed by atoms with E-state index in [4.69, 9.17) is 5.11 Å². The Morgan fingerprint density at radius 1 is 1.29 bits per heavy atom. The third-order valence-electron chi connectivity index (χ3n) is 3.06. The molecule has 4 nitrogen and oxygen atoms in total. The van der Waals surface area contributed by atoms with E-state index in [1.54, 1.807) is 6.07 Å². The molecule has 1 heterocycles. The van der Waals surface area contributed by atoms with Crippen LogP contribution in [-0.4, -0.2) is 29.3 Å². The first-order valence-corrected chi connectivity index (χ1v) is 5.45. The molecule has 17 heavy (non-hydrogen) atoms. The Morgan fingerprint density at radius 3 is 2.53 bits per heavy atom. The lowest BCUT2D eigenvalue weighted by Crippen LogP contribution is -2.26. The van der Waals surface area contributed by atoms with Crippen molar-refractivity contribution in [3.63, 3.8) is 0 Å². The summed E-state index contributed by atoms with van der Waals surface area (Å²) in [7, 11) is 0. The highest BCUT2D eigenvalue weighted by Gasteiger charge is 2.18. The highest BCUT2D eigenvalue weighted by atomic mass is 79.9. The van der Waals surface area contributed by atoms with E-state index in [0.29, 0.717) is 5.92 Å². The molecule has 1 fully saturated rings. The van der Waals surface area contributed by atoms with E-state index in [1.807, 2.05) is 6.07 Å². The number of hydrogen-bond donors (Lipinski definition) is 3. The quantitative estimate of drug-likeness (QED) is 0.783. The first-order chi connectivity index (χ1) is 7.68. The number of hydrogen-bond acceptors (Lipinski definition) is 3. The average Bonchev–Trinajstić information content (AvgIpc) is 2.30. The van der Waals surface area contributed by atoms with Gasteiger partial charge in [-0.05, 0) is 49.5 Å². The number of carbonyl (C=O) groups is 1. The number of nitrogens with one attached hydrogen (secondary N) is 1. The van der Waals surface area contributed by atoms with Gasteiger partial charge in [0.25, 0.3) is 0 Å². The van der Waals surface area contributed by atoms with Crippen LogP contribution in [0.25, 0.3) is 0 Å². The zero-order valence-electron chi connectivity index (χ0n) is 9.35. The van der Waals surface area contributed by atoms with Crippen molar-refractivity contribution in [1.29, 1.82) is 0 Å². The van der Waals surface area contributed by atoms with E-state index in [9.17, 15) is 9.90 Å². The topological polar surface area (TPSA) is 69.6 Å². The van der Waals surface area contributed by atoms with E-state index in [1.165, 1.54) is 6.07 Å². The van der Waals surface area contributed by atoms with Gasteiger partial charge >= 0.3 is 5.97 Å². The number of piperidine rings is 1. The molecule has 0 unspecified atom stereocenters. The molecule has 94 valence electrons. The molecule has 0 aromatic heterocycles. The summed E-state index contributed by atoms with van der Waals surface area (Å²) in [4.78, 5) is 10.9. The Balaban J connectivity index is 0.00000144. The summed E-state index contributed by atoms with van der Waals surface area (Å²) >= 11 is 0. The van der Waals surface area contributed by atoms with Crippen LogP contribution in [0, 0.1) is 0 Å². The molecule has 1 saturated heterocycles. The fraction of sp³-hybridized carbons (Fsp3) is 0.417. The van der Waals surface area contributed by atoms with Crippen molar-refractivity contribution >= 4 is 23.0 Å². The van der Waals surface area contributed by atoms with Gasteiger partial charge in [-0.15, -0.1) is 17.0 Å². The van der Waals surface area contributed by atoms with Crippen molar-refractivity contribution in [2.75, 3.05) is 13.1 Å². The Kier molecular flexibility index (Phi) is 4.96. The fourth-order valence-corrected chi connectivity index (χ4v) is 2.13. The van der Waals surface area contributed by atoms with Crippen LogP contribution >= 0.6 is 17.0 Å². The van der Waals surface area contributed by atoms with E-state index in [0.717, 1.165) is 31.5 Å². The number of carboxylic acids is 1. The van der Waals surface area contributed by atoms with Gasteiger partial charge in [0.05, 0.1) is 0 Å². The van der Waals surface area contributed by atoms with Crippen LogP contribution < -0.4 is 5.32 Å². The van der Waals surface area contributed by atoms with E-state index in [2.05, 4.69) is 5.32 Å². The second-order valence-corrected chi connectivity index (χ2v) is 4.11. The second-order valence-electron chi connectivity index (χ2n) is 4.11. The lowest BCUT2D eigenvalue weighted by atomic mass is 9.89. The van der Waals surface area contributed by atoms with Gasteiger partial charge in [0.1, 0.15) is 11.3 Å². The fourth-order valence-electron chi connectivity index (χ4n) is 2.13. The average molecular weight is 302 g/mol. The second kappa shape index (κ2) is 6.02. The number of aromatic hydroxyl groups is 1. The number of carboxylic acid groups (broad SMARTS) is 1. The molecule has 0 saturated carbocycles. The minimum atomic E-state index is -1.08. The van der Waals surface area contributed by atoms with Gasteiger partial charge in [0.2, 0.25) is 0 Å². The first kappa shape index (κ1) is 14.0. The van der Waals surface area contributed by atoms with Gasteiger partial charge in [-0.3, -0.25) is 0 Å². The number of halogens is 1. The largest absolute Gasteiger partial charge is 0.507 e. The van der Waals surface area contributed by atoms with Crippen molar-refractivity contribution in [2.24, 2.45) is 0 Å². The van der Waals surface area contributed by atoms with E-state index >= 15 is 0 Å². The van der Waals surface area contributed by atoms with Gasteiger partial charge in [-0.1, -0.05) is 6.07 Å². The van der Waals surface area contributed by atoms with Crippen molar-refractivity contribution in [2.45, 2.75) is 18.8 Å². The van der Waals surface area contributed by atoms with Gasteiger partial charge in [0, 0.05) is 0 Å². The highest BCUT2D eigenvalue weighted by molar-refractivity contribution is 8.93. The predicted molar refractivity (Wildman–Crippen MR) is 70.2 cm³/mol. The lowest BCUT2D eigenvalue weighted by Gasteiger charge is -2.23. The number of aromatic carboxylic acids is 1. The summed E-state index contributed by atoms with van der Waals surface area (Å²) < 4.78 is 0. The molecule has 0 radical (unpaired) electrons. The molecule has 0 bridgehead atoms. The monoisotopic (exact) mass is 301 g/mol. The molecule has 0 atom stereocenters. The van der Waals surface area contributed by atoms with Crippen molar-refractivity contribution in [3.05, 3.63) is 29.3 Å². The summed E-state index contributed by atoms with van der Waals surface area (Å²) in [6, 6.07) is 4.88. The van der Waals surface area contributed by atoms with Crippen molar-refractivity contribution < 1.29 is 15.0 Å². The number of phenols is 1. The van der Waals surface area contributed by atoms with Crippen LogP contribution in [0.3, 0.4) is 0 Å². The molecule has 3 N–H and O–H groups in total. The highest BCUT2D eigenvalue weighted by Crippen LogP contribution is 2.28. The zero-order chi connectivity index (χ0) is 11.5. The van der Waals surface area contributed by atoms with Gasteiger partial charge in [-0.2, -0.15) is 0 Å². The molecule has 1 aliphatic heterocycles. The molecule has 1 aliphatic rings. The van der Waals surface area contributed by atoms with Crippen molar-refractivity contribution in [3.8, 4) is 5.75 Å². The van der Waals surface area contributed by atoms with Crippen LogP contribution in [0.2, 0.25) is 0 Å². The molecule has 5 heteroatoms. The Bertz CT molecular complexity index is 403. The molecule has 0 aliphatic carbocycles. The summed E-state index contributed by atoms with van der Waals surface area (Å²) in [6.45, 7) is 1.93. The van der Waals surface area contributed by atoms with Gasteiger partial charge in [0.15, 0.2) is 0 Å². The summed E-state index contributed by atoms with van der Waals surface area (Å²) in [6.07, 6.45) is 2.04. The zero-order valence-corrected chi connectivity index (χ0v) is 11.1. The van der Waals surface area contributed by atoms with Crippen LogP contribution in [0.4, 0.5) is 0 Å². The van der Waals surface area contributed by atoms with Crippen LogP contribution in [0.15, 0.2) is 18.2 Å². The minimum Gasteiger partial charge on any atom is -0.507 e. The van der Waals surface area contributed by atoms with E-state index < -0.39 is 5.97 Å². The predicted octanol–water partition coefficient (Wildman–Crippen LogP) is 2.14. The molecule has 0 amide bonds. The van der Waals surface area contributed by atoms with Gasteiger partial charge < -0.3 is 15.5 Å². The maximum Gasteiger partial charge on any atom is 0.339 e. The maximum atomic E-state index is 10.9. The molecule has 2 rings (SSSR count). The number of rotatable bonds is 2. The molecular weight excluding hydrogens is 286 g/mol. The Hall–Kier alpha value is -1.07. The third kappa shape index (κ3) is 3.20. The molecular formula is C12H16BrNO3. The third-order valence-corrected chi connectivity index (χ3v) is 3.06. The minimum absolute atomic E-state index is 0. The van der Waals surface area contributed by atoms with Crippen LogP contribution in [0.5, 0.6) is 5.75 Å². The molecule has 1 aromatic carbocycles. The van der Waals surface area contributed by atoms with E-state index in [-0.39, 0.29) is 28.3 Å². The van der Waals surface area contributed by atoms with Crippen LogP contribution in [0.1, 0.15) is 34.7 Å². The van der Waals surface area contributed by atoms with Gasteiger partial charge in [-0.25, -0.2) is 4.79 Å².